The maximum atomic E-state index is 12.7. The Morgan fingerprint density at radius 3 is 3.04 bits per heavy atom. The molecule has 1 saturated heterocycles. The van der Waals surface area contributed by atoms with Crippen LogP contribution in [0.15, 0.2) is 53.5 Å². The third kappa shape index (κ3) is 2.85. The fraction of sp³-hybridized carbons (Fsp3) is 0.222. The Kier molecular flexibility index (Phi) is 3.81. The average Bonchev–Trinajstić information content (AvgIpc) is 3.25. The molecule has 0 bridgehead atoms. The van der Waals surface area contributed by atoms with Gasteiger partial charge in [0.25, 0.3) is 0 Å². The van der Waals surface area contributed by atoms with Crippen molar-refractivity contribution in [3.63, 3.8) is 0 Å². The van der Waals surface area contributed by atoms with E-state index in [1.807, 2.05) is 30.5 Å². The fourth-order valence-electron chi connectivity index (χ4n) is 3.19. The molecule has 1 aliphatic rings. The summed E-state index contributed by atoms with van der Waals surface area (Å²) in [5.74, 6) is 0.309. The standard InChI is InChI=1S/C18H17N3OS/c22-18(17-10-20-9-16(17)14-4-6-23-11-14)21-15-2-1-13-8-19-5-3-12(13)7-15/h1-8,11,16-17,20H,9-10H2,(H,21,22). The molecule has 0 aliphatic carbocycles. The smallest absolute Gasteiger partial charge is 0.229 e. The number of benzene rings is 1. The normalized spacial score (nSPS) is 20.7. The SMILES string of the molecule is O=C(Nc1ccc2cnccc2c1)C1CNCC1c1ccsc1. The number of rotatable bonds is 3. The molecule has 0 spiro atoms. The third-order valence-corrected chi connectivity index (χ3v) is 5.13. The minimum Gasteiger partial charge on any atom is -0.326 e. The summed E-state index contributed by atoms with van der Waals surface area (Å²) in [5.41, 5.74) is 2.09. The van der Waals surface area contributed by atoms with E-state index in [1.165, 1.54) is 5.56 Å². The second kappa shape index (κ2) is 6.10. The summed E-state index contributed by atoms with van der Waals surface area (Å²) < 4.78 is 0. The largest absolute Gasteiger partial charge is 0.326 e. The highest BCUT2D eigenvalue weighted by atomic mass is 32.1. The Morgan fingerprint density at radius 1 is 1.22 bits per heavy atom. The second-order valence-electron chi connectivity index (χ2n) is 5.85. The van der Waals surface area contributed by atoms with Crippen LogP contribution in [0.25, 0.3) is 10.8 Å². The van der Waals surface area contributed by atoms with E-state index >= 15 is 0 Å². The summed E-state index contributed by atoms with van der Waals surface area (Å²) in [6.07, 6.45) is 3.59. The van der Waals surface area contributed by atoms with Gasteiger partial charge in [-0.25, -0.2) is 0 Å². The highest BCUT2D eigenvalue weighted by Gasteiger charge is 2.34. The molecule has 116 valence electrons. The minimum atomic E-state index is -0.0299. The Hall–Kier alpha value is -2.24. The van der Waals surface area contributed by atoms with Gasteiger partial charge in [-0.05, 0) is 46.0 Å². The number of carbonyl (C=O) groups is 1. The monoisotopic (exact) mass is 323 g/mol. The van der Waals surface area contributed by atoms with Gasteiger partial charge in [0.15, 0.2) is 0 Å². The van der Waals surface area contributed by atoms with Gasteiger partial charge in [-0.15, -0.1) is 0 Å². The lowest BCUT2D eigenvalue weighted by Crippen LogP contribution is -2.27. The van der Waals surface area contributed by atoms with E-state index < -0.39 is 0 Å². The number of anilines is 1. The summed E-state index contributed by atoms with van der Waals surface area (Å²) in [7, 11) is 0. The van der Waals surface area contributed by atoms with E-state index in [1.54, 1.807) is 17.5 Å². The van der Waals surface area contributed by atoms with Gasteiger partial charge in [0.2, 0.25) is 5.91 Å². The first-order chi connectivity index (χ1) is 11.3. The number of pyridine rings is 1. The third-order valence-electron chi connectivity index (χ3n) is 4.43. The van der Waals surface area contributed by atoms with Crippen LogP contribution in [-0.4, -0.2) is 24.0 Å². The number of hydrogen-bond donors (Lipinski definition) is 2. The lowest BCUT2D eigenvalue weighted by molar-refractivity contribution is -0.119. The van der Waals surface area contributed by atoms with Crippen molar-refractivity contribution in [2.45, 2.75) is 5.92 Å². The molecular formula is C18H17N3OS. The van der Waals surface area contributed by atoms with E-state index in [0.717, 1.165) is 29.5 Å². The van der Waals surface area contributed by atoms with Crippen LogP contribution >= 0.6 is 11.3 Å². The molecule has 2 atom stereocenters. The van der Waals surface area contributed by atoms with Gasteiger partial charge in [0, 0.05) is 42.5 Å². The van der Waals surface area contributed by atoms with E-state index in [2.05, 4.69) is 32.4 Å². The van der Waals surface area contributed by atoms with Crippen molar-refractivity contribution >= 4 is 33.7 Å². The molecule has 5 heteroatoms. The van der Waals surface area contributed by atoms with Crippen LogP contribution in [0.3, 0.4) is 0 Å². The van der Waals surface area contributed by atoms with Crippen molar-refractivity contribution in [3.05, 3.63) is 59.0 Å². The zero-order valence-corrected chi connectivity index (χ0v) is 13.3. The number of amides is 1. The number of hydrogen-bond acceptors (Lipinski definition) is 4. The summed E-state index contributed by atoms with van der Waals surface area (Å²) in [4.78, 5) is 16.8. The first-order valence-corrected chi connectivity index (χ1v) is 8.63. The summed E-state index contributed by atoms with van der Waals surface area (Å²) in [6.45, 7) is 1.59. The molecule has 1 fully saturated rings. The van der Waals surface area contributed by atoms with E-state index in [9.17, 15) is 4.79 Å². The zero-order valence-electron chi connectivity index (χ0n) is 12.5. The number of fused-ring (bicyclic) bond motifs is 1. The Balaban J connectivity index is 1.54. The number of nitrogens with zero attached hydrogens (tertiary/aromatic N) is 1. The quantitative estimate of drug-likeness (QED) is 0.778. The molecule has 23 heavy (non-hydrogen) atoms. The van der Waals surface area contributed by atoms with Gasteiger partial charge in [-0.1, -0.05) is 6.07 Å². The topological polar surface area (TPSA) is 54.0 Å². The van der Waals surface area contributed by atoms with Gasteiger partial charge in [-0.2, -0.15) is 11.3 Å². The average molecular weight is 323 g/mol. The van der Waals surface area contributed by atoms with Crippen molar-refractivity contribution in [1.29, 1.82) is 0 Å². The molecule has 2 aromatic heterocycles. The highest BCUT2D eigenvalue weighted by molar-refractivity contribution is 7.08. The minimum absolute atomic E-state index is 0.0299. The van der Waals surface area contributed by atoms with Gasteiger partial charge in [0.05, 0.1) is 5.92 Å². The molecule has 1 aliphatic heterocycles. The van der Waals surface area contributed by atoms with Crippen molar-refractivity contribution in [2.75, 3.05) is 18.4 Å². The molecule has 4 nitrogen and oxygen atoms in total. The van der Waals surface area contributed by atoms with Crippen LogP contribution in [0, 0.1) is 5.92 Å². The van der Waals surface area contributed by atoms with E-state index in [-0.39, 0.29) is 17.7 Å². The summed E-state index contributed by atoms with van der Waals surface area (Å²) >= 11 is 1.68. The number of nitrogens with one attached hydrogen (secondary N) is 2. The molecule has 4 rings (SSSR count). The number of carbonyl (C=O) groups excluding carboxylic acids is 1. The molecule has 3 heterocycles. The number of thiophene rings is 1. The highest BCUT2D eigenvalue weighted by Crippen LogP contribution is 2.30. The maximum absolute atomic E-state index is 12.7. The molecule has 2 unspecified atom stereocenters. The molecular weight excluding hydrogens is 306 g/mol. The maximum Gasteiger partial charge on any atom is 0.229 e. The lowest BCUT2D eigenvalue weighted by Gasteiger charge is -2.17. The van der Waals surface area contributed by atoms with Gasteiger partial charge in [0.1, 0.15) is 0 Å². The first kappa shape index (κ1) is 14.4. The predicted octanol–water partition coefficient (Wildman–Crippen LogP) is 3.24. The lowest BCUT2D eigenvalue weighted by atomic mass is 9.90. The fourth-order valence-corrected chi connectivity index (χ4v) is 3.91. The van der Waals surface area contributed by atoms with Crippen LogP contribution in [0.2, 0.25) is 0 Å². The van der Waals surface area contributed by atoms with Gasteiger partial charge < -0.3 is 10.6 Å². The summed E-state index contributed by atoms with van der Waals surface area (Å²) in [5, 5.41) is 12.8. The predicted molar refractivity (Wildman–Crippen MR) is 93.8 cm³/mol. The second-order valence-corrected chi connectivity index (χ2v) is 6.63. The Labute approximate surface area is 138 Å². The van der Waals surface area contributed by atoms with Crippen LogP contribution in [0.4, 0.5) is 5.69 Å². The molecule has 1 aromatic carbocycles. The number of aromatic nitrogens is 1. The van der Waals surface area contributed by atoms with E-state index in [0.29, 0.717) is 0 Å². The van der Waals surface area contributed by atoms with Crippen LogP contribution in [0.1, 0.15) is 11.5 Å². The van der Waals surface area contributed by atoms with E-state index in [4.69, 9.17) is 0 Å². The van der Waals surface area contributed by atoms with Crippen LogP contribution < -0.4 is 10.6 Å². The molecule has 1 amide bonds. The van der Waals surface area contributed by atoms with Crippen molar-refractivity contribution in [3.8, 4) is 0 Å². The van der Waals surface area contributed by atoms with Gasteiger partial charge >= 0.3 is 0 Å². The van der Waals surface area contributed by atoms with Crippen molar-refractivity contribution in [2.24, 2.45) is 5.92 Å². The zero-order chi connectivity index (χ0) is 15.6. The molecule has 0 saturated carbocycles. The van der Waals surface area contributed by atoms with Crippen molar-refractivity contribution < 1.29 is 4.79 Å². The van der Waals surface area contributed by atoms with Crippen LogP contribution in [-0.2, 0) is 4.79 Å². The molecule has 0 radical (unpaired) electrons. The Bertz CT molecular complexity index is 831. The van der Waals surface area contributed by atoms with Crippen molar-refractivity contribution in [1.82, 2.24) is 10.3 Å². The van der Waals surface area contributed by atoms with Gasteiger partial charge in [-0.3, -0.25) is 9.78 Å². The molecule has 3 aromatic rings. The molecule has 2 N–H and O–H groups in total. The van der Waals surface area contributed by atoms with Crippen LogP contribution in [0.5, 0.6) is 0 Å². The first-order valence-electron chi connectivity index (χ1n) is 7.69. The Morgan fingerprint density at radius 2 is 2.17 bits per heavy atom. The summed E-state index contributed by atoms with van der Waals surface area (Å²) in [6, 6.07) is 9.99.